The Morgan fingerprint density at radius 3 is 2.39 bits per heavy atom. The van der Waals surface area contributed by atoms with Gasteiger partial charge in [0.1, 0.15) is 11.9 Å². The molecular weight excluding hydrogens is 361 g/mol. The standard InChI is InChI=1S/C19H28BN3O5/c1-11(2)10-16(20(27)28)22-19(26)17(12(3)24)23-18(25)15-9-8-13-6-4-5-7-14(13)21-15/h4-9,11-12,16-17,19,22,24,26-28H,10H2,1-3H3,(H,23,25). The number of nitrogens with one attached hydrogen (secondary N) is 2. The van der Waals surface area contributed by atoms with E-state index in [0.29, 0.717) is 11.9 Å². The van der Waals surface area contributed by atoms with E-state index in [0.717, 1.165) is 5.39 Å². The minimum Gasteiger partial charge on any atom is -0.426 e. The van der Waals surface area contributed by atoms with E-state index in [-0.39, 0.29) is 11.6 Å². The lowest BCUT2D eigenvalue weighted by Gasteiger charge is -2.31. The summed E-state index contributed by atoms with van der Waals surface area (Å²) in [5, 5.41) is 45.6. The quantitative estimate of drug-likeness (QED) is 0.264. The molecule has 1 aromatic carbocycles. The molecule has 1 heterocycles. The maximum Gasteiger partial charge on any atom is 0.469 e. The predicted molar refractivity (Wildman–Crippen MR) is 107 cm³/mol. The first-order chi connectivity index (χ1) is 13.2. The highest BCUT2D eigenvalue weighted by atomic mass is 16.4. The number of aliphatic hydroxyl groups excluding tert-OH is 2. The molecule has 4 atom stereocenters. The molecule has 9 heteroatoms. The zero-order chi connectivity index (χ0) is 20.8. The average molecular weight is 389 g/mol. The lowest BCUT2D eigenvalue weighted by Crippen LogP contribution is -2.60. The van der Waals surface area contributed by atoms with Gasteiger partial charge in [-0.2, -0.15) is 0 Å². The van der Waals surface area contributed by atoms with E-state index >= 15 is 0 Å². The number of carbonyl (C=O) groups is 1. The Bertz CT molecular complexity index is 787. The normalized spacial score (nSPS) is 15.9. The first-order valence-corrected chi connectivity index (χ1v) is 9.34. The fourth-order valence-corrected chi connectivity index (χ4v) is 2.99. The van der Waals surface area contributed by atoms with Gasteiger partial charge in [0, 0.05) is 11.3 Å². The fourth-order valence-electron chi connectivity index (χ4n) is 2.99. The van der Waals surface area contributed by atoms with Gasteiger partial charge in [-0.25, -0.2) is 4.98 Å². The number of hydrogen-bond acceptors (Lipinski definition) is 7. The first kappa shape index (κ1) is 22.3. The molecule has 28 heavy (non-hydrogen) atoms. The Balaban J connectivity index is 2.12. The number of benzene rings is 1. The van der Waals surface area contributed by atoms with Crippen LogP contribution in [0.25, 0.3) is 10.9 Å². The maximum absolute atomic E-state index is 12.6. The highest BCUT2D eigenvalue weighted by molar-refractivity contribution is 6.43. The predicted octanol–water partition coefficient (Wildman–Crippen LogP) is 0.0487. The molecule has 0 bridgehead atoms. The summed E-state index contributed by atoms with van der Waals surface area (Å²) in [6, 6.07) is 9.62. The summed E-state index contributed by atoms with van der Waals surface area (Å²) in [7, 11) is -1.69. The minimum atomic E-state index is -1.69. The lowest BCUT2D eigenvalue weighted by atomic mass is 9.75. The Morgan fingerprint density at radius 2 is 1.79 bits per heavy atom. The number of carbonyl (C=O) groups excluding carboxylic acids is 1. The van der Waals surface area contributed by atoms with Crippen LogP contribution in [0.2, 0.25) is 0 Å². The van der Waals surface area contributed by atoms with Crippen LogP contribution in [0.3, 0.4) is 0 Å². The zero-order valence-electron chi connectivity index (χ0n) is 16.3. The van der Waals surface area contributed by atoms with E-state index in [1.54, 1.807) is 18.2 Å². The van der Waals surface area contributed by atoms with E-state index < -0.39 is 37.3 Å². The van der Waals surface area contributed by atoms with Crippen molar-refractivity contribution < 1.29 is 25.1 Å². The van der Waals surface area contributed by atoms with Gasteiger partial charge in [0.25, 0.3) is 5.91 Å². The second-order valence-electron chi connectivity index (χ2n) is 7.39. The number of nitrogens with zero attached hydrogens (tertiary/aromatic N) is 1. The molecular formula is C19H28BN3O5. The summed E-state index contributed by atoms with van der Waals surface area (Å²) in [6.45, 7) is 5.24. The van der Waals surface area contributed by atoms with Crippen LogP contribution < -0.4 is 10.6 Å². The molecule has 4 unspecified atom stereocenters. The number of pyridine rings is 1. The molecule has 0 aliphatic rings. The van der Waals surface area contributed by atoms with E-state index in [4.69, 9.17) is 0 Å². The highest BCUT2D eigenvalue weighted by Gasteiger charge is 2.32. The number of fused-ring (bicyclic) bond motifs is 1. The van der Waals surface area contributed by atoms with Crippen molar-refractivity contribution in [1.29, 1.82) is 0 Å². The van der Waals surface area contributed by atoms with Gasteiger partial charge in [0.15, 0.2) is 0 Å². The Kier molecular flexibility index (Phi) is 7.91. The van der Waals surface area contributed by atoms with Gasteiger partial charge in [-0.3, -0.25) is 10.1 Å². The molecule has 2 rings (SSSR count). The van der Waals surface area contributed by atoms with Gasteiger partial charge in [-0.05, 0) is 31.4 Å². The molecule has 0 fully saturated rings. The third-order valence-electron chi connectivity index (χ3n) is 4.46. The zero-order valence-corrected chi connectivity index (χ0v) is 16.3. The lowest BCUT2D eigenvalue weighted by molar-refractivity contribution is 0.0209. The maximum atomic E-state index is 12.6. The van der Waals surface area contributed by atoms with Crippen LogP contribution in [0.5, 0.6) is 0 Å². The van der Waals surface area contributed by atoms with Crippen LogP contribution in [0, 0.1) is 5.92 Å². The average Bonchev–Trinajstić information content (AvgIpc) is 2.64. The molecule has 0 radical (unpaired) electrons. The van der Waals surface area contributed by atoms with E-state index in [2.05, 4.69) is 15.6 Å². The van der Waals surface area contributed by atoms with E-state index in [1.165, 1.54) is 6.92 Å². The van der Waals surface area contributed by atoms with Gasteiger partial charge < -0.3 is 25.6 Å². The molecule has 1 amide bonds. The number of aliphatic hydroxyl groups is 2. The van der Waals surface area contributed by atoms with Crippen molar-refractivity contribution in [2.75, 3.05) is 0 Å². The fraction of sp³-hybridized carbons (Fsp3) is 0.474. The molecule has 0 saturated carbocycles. The summed E-state index contributed by atoms with van der Waals surface area (Å²) in [4.78, 5) is 16.9. The molecule has 0 aliphatic heterocycles. The monoisotopic (exact) mass is 389 g/mol. The number of para-hydroxylation sites is 1. The highest BCUT2D eigenvalue weighted by Crippen LogP contribution is 2.13. The summed E-state index contributed by atoms with van der Waals surface area (Å²) in [5.74, 6) is -1.22. The number of aromatic nitrogens is 1. The smallest absolute Gasteiger partial charge is 0.426 e. The molecule has 2 aromatic rings. The minimum absolute atomic E-state index is 0.146. The second kappa shape index (κ2) is 9.95. The summed E-state index contributed by atoms with van der Waals surface area (Å²) >= 11 is 0. The number of hydrogen-bond donors (Lipinski definition) is 6. The van der Waals surface area contributed by atoms with Gasteiger partial charge in [0.2, 0.25) is 0 Å². The molecule has 152 valence electrons. The summed E-state index contributed by atoms with van der Waals surface area (Å²) in [6.07, 6.45) is -2.10. The van der Waals surface area contributed by atoms with Crippen LogP contribution in [-0.2, 0) is 0 Å². The topological polar surface area (TPSA) is 135 Å². The van der Waals surface area contributed by atoms with Crippen molar-refractivity contribution in [2.45, 2.75) is 51.5 Å². The SMILES string of the molecule is CC(C)CC(NC(O)C(NC(=O)c1ccc2ccccc2n1)C(C)O)B(O)O. The number of rotatable bonds is 9. The second-order valence-corrected chi connectivity index (χ2v) is 7.39. The largest absolute Gasteiger partial charge is 0.469 e. The van der Waals surface area contributed by atoms with E-state index in [9.17, 15) is 25.1 Å². The van der Waals surface area contributed by atoms with Crippen LogP contribution >= 0.6 is 0 Å². The van der Waals surface area contributed by atoms with Crippen LogP contribution in [0.1, 0.15) is 37.7 Å². The van der Waals surface area contributed by atoms with Crippen molar-refractivity contribution in [3.63, 3.8) is 0 Å². The van der Waals surface area contributed by atoms with Crippen molar-refractivity contribution in [2.24, 2.45) is 5.92 Å². The van der Waals surface area contributed by atoms with Crippen LogP contribution in [0.15, 0.2) is 36.4 Å². The Hall–Kier alpha value is -2.04. The first-order valence-electron chi connectivity index (χ1n) is 9.34. The third kappa shape index (κ3) is 5.98. The summed E-state index contributed by atoms with van der Waals surface area (Å²) < 4.78 is 0. The molecule has 0 spiro atoms. The Morgan fingerprint density at radius 1 is 1.11 bits per heavy atom. The van der Waals surface area contributed by atoms with Gasteiger partial charge >= 0.3 is 7.12 Å². The van der Waals surface area contributed by atoms with Gasteiger partial charge in [-0.15, -0.1) is 0 Å². The van der Waals surface area contributed by atoms with Crippen molar-refractivity contribution in [3.05, 3.63) is 42.1 Å². The molecule has 8 nitrogen and oxygen atoms in total. The van der Waals surface area contributed by atoms with Crippen molar-refractivity contribution in [3.8, 4) is 0 Å². The molecule has 0 saturated heterocycles. The summed E-state index contributed by atoms with van der Waals surface area (Å²) in [5.41, 5.74) is 0.806. The van der Waals surface area contributed by atoms with Crippen LogP contribution in [0.4, 0.5) is 0 Å². The van der Waals surface area contributed by atoms with Crippen LogP contribution in [-0.4, -0.2) is 62.6 Å². The molecule has 1 aromatic heterocycles. The molecule has 6 N–H and O–H groups in total. The van der Waals surface area contributed by atoms with Gasteiger partial charge in [0.05, 0.1) is 17.7 Å². The van der Waals surface area contributed by atoms with Gasteiger partial charge in [-0.1, -0.05) is 38.1 Å². The molecule has 0 aliphatic carbocycles. The third-order valence-corrected chi connectivity index (χ3v) is 4.46. The number of amides is 1. The van der Waals surface area contributed by atoms with Crippen molar-refractivity contribution in [1.82, 2.24) is 15.6 Å². The van der Waals surface area contributed by atoms with Crippen molar-refractivity contribution >= 4 is 23.9 Å². The Labute approximate surface area is 164 Å². The van der Waals surface area contributed by atoms with E-state index in [1.807, 2.05) is 32.0 Å².